The number of hydrogen-bond acceptors (Lipinski definition) is 1. The summed E-state index contributed by atoms with van der Waals surface area (Å²) in [5.74, 6) is 0.703. The van der Waals surface area contributed by atoms with Crippen LogP contribution in [0, 0.1) is 5.92 Å². The van der Waals surface area contributed by atoms with Crippen LogP contribution in [0.3, 0.4) is 0 Å². The van der Waals surface area contributed by atoms with Crippen molar-refractivity contribution in [2.24, 2.45) is 5.92 Å². The van der Waals surface area contributed by atoms with Gasteiger partial charge in [0.25, 0.3) is 0 Å². The van der Waals surface area contributed by atoms with Gasteiger partial charge in [-0.25, -0.2) is 0 Å². The van der Waals surface area contributed by atoms with Crippen molar-refractivity contribution >= 4 is 0 Å². The van der Waals surface area contributed by atoms with Gasteiger partial charge in [-0.3, -0.25) is 0 Å². The average molecular weight is 279 g/mol. The summed E-state index contributed by atoms with van der Waals surface area (Å²) in [4.78, 5) is 0. The zero-order valence-electron chi connectivity index (χ0n) is 12.9. The van der Waals surface area contributed by atoms with Crippen LogP contribution in [0.25, 0.3) is 0 Å². The van der Waals surface area contributed by atoms with Crippen LogP contribution >= 0.6 is 0 Å². The number of benzene rings is 2. The zero-order valence-corrected chi connectivity index (χ0v) is 12.9. The topological polar surface area (TPSA) is 12.0 Å². The van der Waals surface area contributed by atoms with E-state index in [9.17, 15) is 0 Å². The number of nitrogens with one attached hydrogen (secondary N) is 1. The van der Waals surface area contributed by atoms with Crippen LogP contribution in [0.1, 0.15) is 42.5 Å². The van der Waals surface area contributed by atoms with Gasteiger partial charge in [0.2, 0.25) is 0 Å². The van der Waals surface area contributed by atoms with Crippen LogP contribution in [0.4, 0.5) is 0 Å². The molecule has 0 spiro atoms. The minimum Gasteiger partial charge on any atom is -0.310 e. The summed E-state index contributed by atoms with van der Waals surface area (Å²) >= 11 is 0. The third kappa shape index (κ3) is 3.36. The molecule has 1 aliphatic rings. The lowest BCUT2D eigenvalue weighted by atomic mass is 9.77. The van der Waals surface area contributed by atoms with Crippen molar-refractivity contribution in [1.82, 2.24) is 5.32 Å². The summed E-state index contributed by atoms with van der Waals surface area (Å²) in [5.41, 5.74) is 4.53. The fourth-order valence-corrected chi connectivity index (χ4v) is 3.54. The predicted octanol–water partition coefficient (Wildman–Crippen LogP) is 4.53. The molecule has 1 nitrogen and oxygen atoms in total. The van der Waals surface area contributed by atoms with Gasteiger partial charge in [-0.05, 0) is 54.8 Å². The van der Waals surface area contributed by atoms with Gasteiger partial charge >= 0.3 is 0 Å². The summed E-state index contributed by atoms with van der Waals surface area (Å²) in [7, 11) is 0. The molecular formula is C20H25N. The van der Waals surface area contributed by atoms with E-state index in [0.29, 0.717) is 12.0 Å². The molecule has 0 bridgehead atoms. The Morgan fingerprint density at radius 2 is 1.76 bits per heavy atom. The van der Waals surface area contributed by atoms with E-state index >= 15 is 0 Å². The molecule has 2 aromatic rings. The minimum absolute atomic E-state index is 0.509. The number of hydrogen-bond donors (Lipinski definition) is 1. The van der Waals surface area contributed by atoms with E-state index in [0.717, 1.165) is 6.54 Å². The Labute approximate surface area is 128 Å². The van der Waals surface area contributed by atoms with Crippen LogP contribution in [0.2, 0.25) is 0 Å². The molecule has 0 radical (unpaired) electrons. The second-order valence-corrected chi connectivity index (χ2v) is 6.12. The fourth-order valence-electron chi connectivity index (χ4n) is 3.54. The molecule has 2 unspecified atom stereocenters. The Morgan fingerprint density at radius 3 is 2.57 bits per heavy atom. The minimum atomic E-state index is 0.509. The van der Waals surface area contributed by atoms with E-state index < -0.39 is 0 Å². The normalized spacial score (nSPS) is 21.0. The summed E-state index contributed by atoms with van der Waals surface area (Å²) in [5, 5.41) is 3.80. The summed E-state index contributed by atoms with van der Waals surface area (Å²) in [6, 6.07) is 20.4. The lowest BCUT2D eigenvalue weighted by Crippen LogP contribution is -2.34. The molecule has 0 amide bonds. The number of rotatable bonds is 5. The molecule has 1 N–H and O–H groups in total. The maximum absolute atomic E-state index is 3.80. The first kappa shape index (κ1) is 14.3. The molecule has 0 aromatic heterocycles. The van der Waals surface area contributed by atoms with Crippen LogP contribution < -0.4 is 5.32 Å². The Hall–Kier alpha value is -1.60. The highest BCUT2D eigenvalue weighted by molar-refractivity contribution is 5.33. The molecule has 21 heavy (non-hydrogen) atoms. The smallest absolute Gasteiger partial charge is 0.0354 e. The van der Waals surface area contributed by atoms with Crippen molar-refractivity contribution in [3.63, 3.8) is 0 Å². The molecule has 110 valence electrons. The lowest BCUT2D eigenvalue weighted by Gasteiger charge is -2.34. The molecule has 0 heterocycles. The first-order chi connectivity index (χ1) is 10.4. The van der Waals surface area contributed by atoms with Gasteiger partial charge in [0.15, 0.2) is 0 Å². The maximum Gasteiger partial charge on any atom is 0.0354 e. The first-order valence-corrected chi connectivity index (χ1v) is 8.23. The Balaban J connectivity index is 1.82. The third-order valence-electron chi connectivity index (χ3n) is 4.60. The Bertz CT molecular complexity index is 561. The highest BCUT2D eigenvalue weighted by Crippen LogP contribution is 2.36. The van der Waals surface area contributed by atoms with E-state index in [1.165, 1.54) is 42.4 Å². The monoisotopic (exact) mass is 279 g/mol. The lowest BCUT2D eigenvalue weighted by molar-refractivity contribution is 0.319. The van der Waals surface area contributed by atoms with Gasteiger partial charge in [0.05, 0.1) is 0 Å². The standard InChI is InChI=1S/C20H25N/c1-2-14-21-20-18(15-16-8-4-3-5-9-16)13-12-17-10-6-7-11-19(17)20/h3-11,18,20-21H,2,12-15H2,1H3. The highest BCUT2D eigenvalue weighted by Gasteiger charge is 2.28. The molecule has 0 saturated heterocycles. The fraction of sp³-hybridized carbons (Fsp3) is 0.400. The van der Waals surface area contributed by atoms with Crippen LogP contribution in [0.15, 0.2) is 54.6 Å². The van der Waals surface area contributed by atoms with Gasteiger partial charge in [-0.15, -0.1) is 0 Å². The molecule has 1 aliphatic carbocycles. The second-order valence-electron chi connectivity index (χ2n) is 6.12. The van der Waals surface area contributed by atoms with Crippen LogP contribution in [0.5, 0.6) is 0 Å². The van der Waals surface area contributed by atoms with Crippen LogP contribution in [-0.2, 0) is 12.8 Å². The molecule has 2 aromatic carbocycles. The van der Waals surface area contributed by atoms with Gasteiger partial charge in [0.1, 0.15) is 0 Å². The van der Waals surface area contributed by atoms with Gasteiger partial charge < -0.3 is 5.32 Å². The largest absolute Gasteiger partial charge is 0.310 e. The highest BCUT2D eigenvalue weighted by atomic mass is 14.9. The molecule has 1 heteroatoms. The van der Waals surface area contributed by atoms with Crippen molar-refractivity contribution in [1.29, 1.82) is 0 Å². The molecule has 0 saturated carbocycles. The molecule has 2 atom stereocenters. The van der Waals surface area contributed by atoms with Crippen molar-refractivity contribution < 1.29 is 0 Å². The van der Waals surface area contributed by atoms with E-state index in [4.69, 9.17) is 0 Å². The quantitative estimate of drug-likeness (QED) is 0.847. The van der Waals surface area contributed by atoms with E-state index in [2.05, 4.69) is 66.8 Å². The first-order valence-electron chi connectivity index (χ1n) is 8.23. The van der Waals surface area contributed by atoms with Crippen molar-refractivity contribution in [3.05, 3.63) is 71.3 Å². The van der Waals surface area contributed by atoms with E-state index in [1.807, 2.05) is 0 Å². The zero-order chi connectivity index (χ0) is 14.5. The summed E-state index contributed by atoms with van der Waals surface area (Å²) in [6.07, 6.45) is 4.87. The molecule has 0 fully saturated rings. The van der Waals surface area contributed by atoms with E-state index in [-0.39, 0.29) is 0 Å². The second kappa shape index (κ2) is 6.91. The van der Waals surface area contributed by atoms with Crippen LogP contribution in [-0.4, -0.2) is 6.54 Å². The maximum atomic E-state index is 3.80. The summed E-state index contributed by atoms with van der Waals surface area (Å²) in [6.45, 7) is 3.35. The van der Waals surface area contributed by atoms with E-state index in [1.54, 1.807) is 0 Å². The predicted molar refractivity (Wildman–Crippen MR) is 89.4 cm³/mol. The Morgan fingerprint density at radius 1 is 1.00 bits per heavy atom. The number of fused-ring (bicyclic) bond motifs is 1. The molecule has 0 aliphatic heterocycles. The van der Waals surface area contributed by atoms with Crippen molar-refractivity contribution in [2.75, 3.05) is 6.54 Å². The summed E-state index contributed by atoms with van der Waals surface area (Å²) < 4.78 is 0. The van der Waals surface area contributed by atoms with Crippen molar-refractivity contribution in [2.45, 2.75) is 38.6 Å². The van der Waals surface area contributed by atoms with Crippen molar-refractivity contribution in [3.8, 4) is 0 Å². The third-order valence-corrected chi connectivity index (χ3v) is 4.60. The van der Waals surface area contributed by atoms with Gasteiger partial charge in [-0.2, -0.15) is 0 Å². The Kier molecular flexibility index (Phi) is 4.72. The van der Waals surface area contributed by atoms with Gasteiger partial charge in [-0.1, -0.05) is 61.5 Å². The van der Waals surface area contributed by atoms with Gasteiger partial charge in [0, 0.05) is 6.04 Å². The SMILES string of the molecule is CCCNC1c2ccccc2CCC1Cc1ccccc1. The number of aryl methyl sites for hydroxylation is 1. The molecular weight excluding hydrogens is 254 g/mol. The average Bonchev–Trinajstić information content (AvgIpc) is 2.55. The molecule has 3 rings (SSSR count).